The number of carbonyl (C=O) groups is 2. The summed E-state index contributed by atoms with van der Waals surface area (Å²) in [5.74, 6) is 0.857. The fourth-order valence-electron chi connectivity index (χ4n) is 3.03. The van der Waals surface area contributed by atoms with Crippen LogP contribution in [0.4, 0.5) is 0 Å². The fourth-order valence-corrected chi connectivity index (χ4v) is 3.19. The number of carbonyl (C=O) groups excluding carboxylic acids is 2. The van der Waals surface area contributed by atoms with Gasteiger partial charge in [-0.25, -0.2) is 0 Å². The standard InChI is InChI=1S/C17H21ClN2O3/c1-23-15-9-13(18)7-6-12(15)10-19-16(21)14-3-2-8-20(14)17(22)11-4-5-11/h6-7,9,11,14H,2-5,8,10H2,1H3,(H,19,21)/t14-/m0/s1. The minimum absolute atomic E-state index is 0.0893. The number of ether oxygens (including phenoxy) is 1. The van der Waals surface area contributed by atoms with Crippen molar-refractivity contribution in [1.82, 2.24) is 10.2 Å². The van der Waals surface area contributed by atoms with Crippen LogP contribution in [0.5, 0.6) is 5.75 Å². The van der Waals surface area contributed by atoms with Crippen LogP contribution in [-0.2, 0) is 16.1 Å². The first-order valence-corrected chi connectivity index (χ1v) is 8.38. The maximum Gasteiger partial charge on any atom is 0.243 e. The molecule has 2 fully saturated rings. The van der Waals surface area contributed by atoms with Crippen molar-refractivity contribution in [2.45, 2.75) is 38.3 Å². The van der Waals surface area contributed by atoms with Crippen LogP contribution in [0.1, 0.15) is 31.2 Å². The molecule has 1 atom stereocenters. The zero-order valence-corrected chi connectivity index (χ0v) is 13.9. The minimum atomic E-state index is -0.332. The lowest BCUT2D eigenvalue weighted by molar-refractivity contribution is -0.139. The van der Waals surface area contributed by atoms with E-state index in [1.54, 1.807) is 24.1 Å². The smallest absolute Gasteiger partial charge is 0.243 e. The molecule has 23 heavy (non-hydrogen) atoms. The van der Waals surface area contributed by atoms with Gasteiger partial charge in [-0.05, 0) is 37.8 Å². The average Bonchev–Trinajstić information content (AvgIpc) is 3.29. The Morgan fingerprint density at radius 3 is 2.83 bits per heavy atom. The van der Waals surface area contributed by atoms with E-state index in [1.807, 2.05) is 6.07 Å². The molecule has 6 heteroatoms. The van der Waals surface area contributed by atoms with Crippen LogP contribution in [0.3, 0.4) is 0 Å². The highest BCUT2D eigenvalue weighted by molar-refractivity contribution is 6.30. The molecule has 1 saturated heterocycles. The van der Waals surface area contributed by atoms with E-state index >= 15 is 0 Å². The van der Waals surface area contributed by atoms with E-state index in [1.165, 1.54) is 0 Å². The molecule has 1 aliphatic heterocycles. The maximum absolute atomic E-state index is 12.5. The number of amides is 2. The summed E-state index contributed by atoms with van der Waals surface area (Å²) in [4.78, 5) is 26.5. The zero-order valence-electron chi connectivity index (χ0n) is 13.2. The van der Waals surface area contributed by atoms with Crippen LogP contribution < -0.4 is 10.1 Å². The first kappa shape index (κ1) is 16.1. The number of likely N-dealkylation sites (tertiary alicyclic amines) is 1. The third-order valence-electron chi connectivity index (χ3n) is 4.47. The Labute approximate surface area is 140 Å². The Balaban J connectivity index is 1.61. The number of benzene rings is 1. The summed E-state index contributed by atoms with van der Waals surface area (Å²) in [6.45, 7) is 1.05. The van der Waals surface area contributed by atoms with Crippen LogP contribution in [0.2, 0.25) is 5.02 Å². The summed E-state index contributed by atoms with van der Waals surface area (Å²) in [6, 6.07) is 5.00. The molecule has 1 aromatic carbocycles. The zero-order chi connectivity index (χ0) is 16.4. The molecule has 5 nitrogen and oxygen atoms in total. The quantitative estimate of drug-likeness (QED) is 0.898. The summed E-state index contributed by atoms with van der Waals surface area (Å²) in [5.41, 5.74) is 0.864. The topological polar surface area (TPSA) is 58.6 Å². The average molecular weight is 337 g/mol. The summed E-state index contributed by atoms with van der Waals surface area (Å²) >= 11 is 5.94. The van der Waals surface area contributed by atoms with Gasteiger partial charge in [-0.2, -0.15) is 0 Å². The predicted octanol–water partition coefficient (Wildman–Crippen LogP) is 2.37. The van der Waals surface area contributed by atoms with Crippen LogP contribution >= 0.6 is 11.6 Å². The Bertz CT molecular complexity index is 616. The molecule has 124 valence electrons. The summed E-state index contributed by atoms with van der Waals surface area (Å²) in [6.07, 6.45) is 3.56. The number of nitrogens with one attached hydrogen (secondary N) is 1. The molecule has 0 spiro atoms. The van der Waals surface area contributed by atoms with Crippen molar-refractivity contribution >= 4 is 23.4 Å². The third-order valence-corrected chi connectivity index (χ3v) is 4.70. The Kier molecular flexibility index (Phi) is 4.76. The van der Waals surface area contributed by atoms with Crippen molar-refractivity contribution in [3.8, 4) is 5.75 Å². The second kappa shape index (κ2) is 6.79. The van der Waals surface area contributed by atoms with E-state index in [0.29, 0.717) is 23.9 Å². The largest absolute Gasteiger partial charge is 0.496 e. The lowest BCUT2D eigenvalue weighted by atomic mass is 10.1. The molecular weight excluding hydrogens is 316 g/mol. The molecule has 0 aromatic heterocycles. The minimum Gasteiger partial charge on any atom is -0.496 e. The molecule has 1 N–H and O–H groups in total. The van der Waals surface area contributed by atoms with Gasteiger partial charge in [0, 0.05) is 29.6 Å². The molecule has 0 radical (unpaired) electrons. The Morgan fingerprint density at radius 1 is 1.35 bits per heavy atom. The van der Waals surface area contributed by atoms with Gasteiger partial charge in [-0.3, -0.25) is 9.59 Å². The van der Waals surface area contributed by atoms with Gasteiger partial charge in [-0.15, -0.1) is 0 Å². The van der Waals surface area contributed by atoms with E-state index in [-0.39, 0.29) is 23.8 Å². The first-order valence-electron chi connectivity index (χ1n) is 8.00. The first-order chi connectivity index (χ1) is 11.1. The van der Waals surface area contributed by atoms with Gasteiger partial charge >= 0.3 is 0 Å². The molecule has 1 aliphatic carbocycles. The highest BCUT2D eigenvalue weighted by Gasteiger charge is 2.40. The molecule has 0 bridgehead atoms. The van der Waals surface area contributed by atoms with Gasteiger partial charge in [0.25, 0.3) is 0 Å². The number of rotatable bonds is 5. The van der Waals surface area contributed by atoms with Crippen molar-refractivity contribution in [3.05, 3.63) is 28.8 Å². The van der Waals surface area contributed by atoms with Gasteiger partial charge in [-0.1, -0.05) is 17.7 Å². The van der Waals surface area contributed by atoms with Crippen LogP contribution in [0.25, 0.3) is 0 Å². The lowest BCUT2D eigenvalue weighted by Gasteiger charge is -2.24. The molecule has 3 rings (SSSR count). The molecule has 0 unspecified atom stereocenters. The third kappa shape index (κ3) is 3.61. The normalized spacial score (nSPS) is 20.4. The molecule has 1 saturated carbocycles. The molecular formula is C17H21ClN2O3. The van der Waals surface area contributed by atoms with Crippen molar-refractivity contribution < 1.29 is 14.3 Å². The second-order valence-corrected chi connectivity index (χ2v) is 6.57. The van der Waals surface area contributed by atoms with E-state index in [9.17, 15) is 9.59 Å². The number of methoxy groups -OCH3 is 1. The van der Waals surface area contributed by atoms with Gasteiger partial charge in [0.05, 0.1) is 7.11 Å². The van der Waals surface area contributed by atoms with E-state index in [2.05, 4.69) is 5.32 Å². The monoisotopic (exact) mass is 336 g/mol. The van der Waals surface area contributed by atoms with E-state index < -0.39 is 0 Å². The number of hydrogen-bond acceptors (Lipinski definition) is 3. The van der Waals surface area contributed by atoms with Gasteiger partial charge in [0.2, 0.25) is 11.8 Å². The Hall–Kier alpha value is -1.75. The predicted molar refractivity (Wildman–Crippen MR) is 87.3 cm³/mol. The Morgan fingerprint density at radius 2 is 2.13 bits per heavy atom. The van der Waals surface area contributed by atoms with Crippen LogP contribution in [0.15, 0.2) is 18.2 Å². The number of halogens is 1. The van der Waals surface area contributed by atoms with E-state index in [0.717, 1.165) is 31.2 Å². The SMILES string of the molecule is COc1cc(Cl)ccc1CNC(=O)[C@@H]1CCCN1C(=O)C1CC1. The van der Waals surface area contributed by atoms with Gasteiger partial charge in [0.15, 0.2) is 0 Å². The lowest BCUT2D eigenvalue weighted by Crippen LogP contribution is -2.46. The molecule has 1 heterocycles. The van der Waals surface area contributed by atoms with Crippen molar-refractivity contribution in [3.63, 3.8) is 0 Å². The summed E-state index contributed by atoms with van der Waals surface area (Å²) in [7, 11) is 1.57. The van der Waals surface area contributed by atoms with Crippen molar-refractivity contribution in [1.29, 1.82) is 0 Å². The van der Waals surface area contributed by atoms with Crippen LogP contribution in [0, 0.1) is 5.92 Å². The van der Waals surface area contributed by atoms with E-state index in [4.69, 9.17) is 16.3 Å². The molecule has 2 amide bonds. The highest BCUT2D eigenvalue weighted by Crippen LogP contribution is 2.33. The van der Waals surface area contributed by atoms with Gasteiger partial charge in [0.1, 0.15) is 11.8 Å². The maximum atomic E-state index is 12.5. The van der Waals surface area contributed by atoms with Gasteiger partial charge < -0.3 is 15.0 Å². The number of hydrogen-bond donors (Lipinski definition) is 1. The fraction of sp³-hybridized carbons (Fsp3) is 0.529. The molecule has 2 aliphatic rings. The van der Waals surface area contributed by atoms with Crippen LogP contribution in [-0.4, -0.2) is 36.4 Å². The molecule has 1 aromatic rings. The highest BCUT2D eigenvalue weighted by atomic mass is 35.5. The van der Waals surface area contributed by atoms with Crippen molar-refractivity contribution in [2.24, 2.45) is 5.92 Å². The summed E-state index contributed by atoms with van der Waals surface area (Å²) in [5, 5.41) is 3.51. The summed E-state index contributed by atoms with van der Waals surface area (Å²) < 4.78 is 5.28. The number of nitrogens with zero attached hydrogens (tertiary/aromatic N) is 1. The van der Waals surface area contributed by atoms with Crippen molar-refractivity contribution in [2.75, 3.05) is 13.7 Å². The second-order valence-electron chi connectivity index (χ2n) is 6.14.